The molecule has 0 aliphatic heterocycles. The molecule has 0 N–H and O–H groups in total. The summed E-state index contributed by atoms with van der Waals surface area (Å²) in [6, 6.07) is 19.8. The number of rotatable bonds is 4. The van der Waals surface area contributed by atoms with Gasteiger partial charge in [-0.25, -0.2) is 0 Å². The standard InChI is InChI=1S/C21H25.2C7H5Cl2.C5H5.CH2.2ClH.Zr/c1-20(2,3)16-7-9-18-14(12-16)11-15-13-17(21(4,5)6)8-10-19(15)18;2*1-5-2-3-6(8)4-7(5)9;1-2-4-5-3-1;;;;/h7-10,12H,11H2,1-6H3;2*3-4H,1H3;1-3H,4H2;1H2;2*1H;. The van der Waals surface area contributed by atoms with Gasteiger partial charge in [0.15, 0.2) is 0 Å². The molecule has 2 aliphatic rings. The molecule has 0 spiro atoms. The van der Waals surface area contributed by atoms with Crippen LogP contribution in [0.2, 0.25) is 20.1 Å². The Morgan fingerprint density at radius 1 is 0.688 bits per heavy atom. The van der Waals surface area contributed by atoms with Crippen LogP contribution in [0.1, 0.15) is 81.3 Å². The Labute approximate surface area is 320 Å². The molecule has 0 nitrogen and oxygen atoms in total. The number of benzene rings is 4. The van der Waals surface area contributed by atoms with Crippen LogP contribution in [0, 0.1) is 13.8 Å². The summed E-state index contributed by atoms with van der Waals surface area (Å²) in [5, 5.41) is 2.50. The van der Waals surface area contributed by atoms with E-state index in [4.69, 9.17) is 50.6 Å². The van der Waals surface area contributed by atoms with Crippen molar-refractivity contribution >= 4 is 85.2 Å². The SMILES string of the molecule is Cl.Cl.[CH2]=[Zr]([C]1=CC=CC1)([c]1cc(Cl)cc(Cl)c1C)([c]1cc(Cl)cc(Cl)c1C)[c]1c(C(C)(C)C)ccc2c1Cc1cc(C(C)(C)C)ccc1-2. The van der Waals surface area contributed by atoms with Gasteiger partial charge in [-0.05, 0) is 0 Å². The summed E-state index contributed by atoms with van der Waals surface area (Å²) in [4.78, 5) is 0. The molecule has 0 saturated heterocycles. The van der Waals surface area contributed by atoms with Crippen molar-refractivity contribution in [2.75, 3.05) is 0 Å². The van der Waals surface area contributed by atoms with Gasteiger partial charge in [-0.3, -0.25) is 0 Å². The van der Waals surface area contributed by atoms with Crippen LogP contribution in [0.3, 0.4) is 0 Å². The molecule has 4 aromatic carbocycles. The van der Waals surface area contributed by atoms with Crippen molar-refractivity contribution in [2.45, 2.75) is 79.1 Å². The predicted octanol–water partition coefficient (Wildman–Crippen LogP) is 12.2. The summed E-state index contributed by atoms with van der Waals surface area (Å²) < 4.78 is 10.7. The maximum atomic E-state index is 7.09. The summed E-state index contributed by atoms with van der Waals surface area (Å²) in [6.07, 6.45) is 8.36. The van der Waals surface area contributed by atoms with Gasteiger partial charge in [0.25, 0.3) is 0 Å². The van der Waals surface area contributed by atoms with Gasteiger partial charge in [-0.1, -0.05) is 0 Å². The third kappa shape index (κ3) is 6.00. The first-order valence-electron chi connectivity index (χ1n) is 16.0. The zero-order valence-electron chi connectivity index (χ0n) is 28.9. The Morgan fingerprint density at radius 3 is 1.71 bits per heavy atom. The monoisotopic (exact) mass is 836 g/mol. The molecule has 7 heteroatoms. The molecular formula is C41H44Cl6Zr. The molecule has 0 unspecified atom stereocenters. The molecule has 0 heterocycles. The van der Waals surface area contributed by atoms with E-state index in [1.54, 1.807) is 0 Å². The van der Waals surface area contributed by atoms with Crippen molar-refractivity contribution in [3.63, 3.8) is 0 Å². The van der Waals surface area contributed by atoms with Crippen LogP contribution in [0.4, 0.5) is 0 Å². The minimum atomic E-state index is -5.38. The van der Waals surface area contributed by atoms with Gasteiger partial charge < -0.3 is 0 Å². The number of allylic oxidation sites excluding steroid dienone is 4. The average Bonchev–Trinajstić information content (AvgIpc) is 3.64. The Bertz CT molecular complexity index is 2020. The average molecular weight is 841 g/mol. The normalized spacial score (nSPS) is 14.2. The number of halogens is 6. The van der Waals surface area contributed by atoms with E-state index in [1.165, 1.54) is 39.9 Å². The third-order valence-electron chi connectivity index (χ3n) is 10.6. The van der Waals surface area contributed by atoms with Gasteiger partial charge in [0.2, 0.25) is 0 Å². The maximum absolute atomic E-state index is 7.09. The first-order chi connectivity index (χ1) is 21.4. The van der Waals surface area contributed by atoms with E-state index >= 15 is 0 Å². The molecule has 0 fully saturated rings. The Hall–Kier alpha value is -1.15. The molecule has 0 bridgehead atoms. The van der Waals surface area contributed by atoms with Crippen molar-refractivity contribution in [1.82, 2.24) is 0 Å². The molecule has 0 amide bonds. The van der Waals surface area contributed by atoms with Crippen LogP contribution in [0.5, 0.6) is 0 Å². The first-order valence-corrected chi connectivity index (χ1v) is 24.2. The molecule has 0 atom stereocenters. The fourth-order valence-corrected chi connectivity index (χ4v) is 28.9. The number of hydrogen-bond donors (Lipinski definition) is 0. The Morgan fingerprint density at radius 2 is 1.23 bits per heavy atom. The second-order valence-corrected chi connectivity index (χ2v) is 29.8. The second kappa shape index (κ2) is 13.4. The van der Waals surface area contributed by atoms with Crippen LogP contribution < -0.4 is 9.81 Å². The van der Waals surface area contributed by atoms with Crippen molar-refractivity contribution in [1.29, 1.82) is 0 Å². The van der Waals surface area contributed by atoms with Crippen molar-refractivity contribution in [3.8, 4) is 11.1 Å². The van der Waals surface area contributed by atoms with Crippen molar-refractivity contribution in [2.24, 2.45) is 0 Å². The van der Waals surface area contributed by atoms with Crippen LogP contribution in [-0.4, -0.2) is 4.21 Å². The van der Waals surface area contributed by atoms with E-state index in [0.29, 0.717) is 20.1 Å². The van der Waals surface area contributed by atoms with E-state index in [2.05, 4.69) is 116 Å². The fraction of sp³-hybridized carbons (Fsp3) is 0.293. The number of hydrogen-bond acceptors (Lipinski definition) is 0. The fourth-order valence-electron chi connectivity index (χ4n) is 8.21. The van der Waals surface area contributed by atoms with Gasteiger partial charge in [-0.15, -0.1) is 24.8 Å². The van der Waals surface area contributed by atoms with Crippen molar-refractivity contribution < 1.29 is 18.3 Å². The zero-order chi connectivity index (χ0) is 33.6. The molecule has 0 radical (unpaired) electrons. The number of fused-ring (bicyclic) bond motifs is 3. The quantitative estimate of drug-likeness (QED) is 0.169. The predicted molar refractivity (Wildman–Crippen MR) is 217 cm³/mol. The topological polar surface area (TPSA) is 0 Å². The summed E-state index contributed by atoms with van der Waals surface area (Å²) in [6.45, 7) is 18.0. The molecule has 4 aromatic rings. The minimum absolute atomic E-state index is 0. The van der Waals surface area contributed by atoms with Crippen molar-refractivity contribution in [3.05, 3.63) is 130 Å². The Balaban J connectivity index is 0.00000260. The third-order valence-corrected chi connectivity index (χ3v) is 28.7. The van der Waals surface area contributed by atoms with Gasteiger partial charge in [-0.2, -0.15) is 0 Å². The summed E-state index contributed by atoms with van der Waals surface area (Å²) >= 11 is 22.8. The molecule has 2 aliphatic carbocycles. The van der Waals surface area contributed by atoms with Crippen LogP contribution in [-0.2, 0) is 35.5 Å². The molecular weight excluding hydrogens is 796 g/mol. The first kappa shape index (κ1) is 39.6. The van der Waals surface area contributed by atoms with E-state index in [9.17, 15) is 0 Å². The Kier molecular flexibility index (Phi) is 11.1. The van der Waals surface area contributed by atoms with Gasteiger partial charge in [0, 0.05) is 0 Å². The van der Waals surface area contributed by atoms with E-state index in [1.807, 2.05) is 12.1 Å². The molecule has 0 saturated carbocycles. The molecule has 48 heavy (non-hydrogen) atoms. The summed E-state index contributed by atoms with van der Waals surface area (Å²) in [7, 11) is 0. The van der Waals surface area contributed by atoms with E-state index in [-0.39, 0.29) is 35.6 Å². The van der Waals surface area contributed by atoms with Crippen LogP contribution in [0.25, 0.3) is 11.1 Å². The second-order valence-electron chi connectivity index (χ2n) is 15.5. The molecule has 6 rings (SSSR count). The molecule has 0 aromatic heterocycles. The van der Waals surface area contributed by atoms with Crippen LogP contribution in [0.15, 0.2) is 76.1 Å². The van der Waals surface area contributed by atoms with E-state index in [0.717, 1.165) is 30.5 Å². The van der Waals surface area contributed by atoms with Gasteiger partial charge in [0.05, 0.1) is 0 Å². The summed E-state index contributed by atoms with van der Waals surface area (Å²) in [5.41, 5.74) is 9.81. The van der Waals surface area contributed by atoms with E-state index < -0.39 is 18.3 Å². The molecule has 254 valence electrons. The zero-order valence-corrected chi connectivity index (χ0v) is 36.0. The summed E-state index contributed by atoms with van der Waals surface area (Å²) in [5.74, 6) is 0. The van der Waals surface area contributed by atoms with Gasteiger partial charge in [0.1, 0.15) is 0 Å². The van der Waals surface area contributed by atoms with Crippen LogP contribution >= 0.6 is 71.2 Å². The van der Waals surface area contributed by atoms with Gasteiger partial charge >= 0.3 is 298 Å².